The second-order valence-corrected chi connectivity index (χ2v) is 7.15. The molecule has 0 spiro atoms. The summed E-state index contributed by atoms with van der Waals surface area (Å²) in [5.41, 5.74) is 1.52. The lowest BCUT2D eigenvalue weighted by Crippen LogP contribution is -2.48. The highest BCUT2D eigenvalue weighted by Crippen LogP contribution is 2.27. The summed E-state index contributed by atoms with van der Waals surface area (Å²) in [6, 6.07) is 10.2. The predicted octanol–water partition coefficient (Wildman–Crippen LogP) is 3.40. The molecule has 1 saturated carbocycles. The highest BCUT2D eigenvalue weighted by molar-refractivity contribution is 14.0. The second kappa shape index (κ2) is 10.1. The van der Waals surface area contributed by atoms with Gasteiger partial charge in [0.2, 0.25) is 0 Å². The zero-order valence-electron chi connectivity index (χ0n) is 16.1. The molecule has 7 heteroatoms. The molecule has 1 aromatic heterocycles. The van der Waals surface area contributed by atoms with E-state index in [0.717, 1.165) is 48.7 Å². The molecule has 2 aromatic rings. The molecule has 1 fully saturated rings. The van der Waals surface area contributed by atoms with Gasteiger partial charge in [-0.15, -0.1) is 24.0 Å². The van der Waals surface area contributed by atoms with E-state index >= 15 is 0 Å². The van der Waals surface area contributed by atoms with Crippen molar-refractivity contribution in [2.45, 2.75) is 44.2 Å². The van der Waals surface area contributed by atoms with E-state index in [1.165, 1.54) is 6.42 Å². The molecule has 3 rings (SSSR count). The number of aliphatic imine (C=N–C) groups is 1. The lowest BCUT2D eigenvalue weighted by atomic mass is 9.85. The van der Waals surface area contributed by atoms with Crippen molar-refractivity contribution in [3.05, 3.63) is 42.4 Å². The van der Waals surface area contributed by atoms with Crippen LogP contribution in [-0.2, 0) is 6.54 Å². The average molecular weight is 483 g/mol. The van der Waals surface area contributed by atoms with Crippen LogP contribution < -0.4 is 5.32 Å². The Morgan fingerprint density at radius 2 is 1.96 bits per heavy atom. The van der Waals surface area contributed by atoms with Gasteiger partial charge < -0.3 is 20.3 Å². The van der Waals surface area contributed by atoms with Crippen molar-refractivity contribution in [3.63, 3.8) is 0 Å². The van der Waals surface area contributed by atoms with Crippen LogP contribution in [0.4, 0.5) is 0 Å². The van der Waals surface area contributed by atoms with Crippen LogP contribution in [0.25, 0.3) is 11.3 Å². The number of aromatic amines is 1. The molecule has 1 aromatic carbocycles. The molecule has 0 saturated heterocycles. The molecule has 1 aliphatic rings. The van der Waals surface area contributed by atoms with Crippen molar-refractivity contribution >= 4 is 29.9 Å². The first-order valence-electron chi connectivity index (χ1n) is 9.33. The third-order valence-electron chi connectivity index (χ3n) is 5.03. The Morgan fingerprint density at radius 3 is 2.63 bits per heavy atom. The third kappa shape index (κ3) is 5.93. The molecule has 27 heavy (non-hydrogen) atoms. The Kier molecular flexibility index (Phi) is 8.09. The maximum Gasteiger partial charge on any atom is 0.193 e. The zero-order valence-corrected chi connectivity index (χ0v) is 18.4. The average Bonchev–Trinajstić information content (AvgIpc) is 3.12. The predicted molar refractivity (Wildman–Crippen MR) is 120 cm³/mol. The molecule has 1 aliphatic carbocycles. The summed E-state index contributed by atoms with van der Waals surface area (Å²) in [4.78, 5) is 14.2. The van der Waals surface area contributed by atoms with Crippen LogP contribution in [0.15, 0.2) is 41.5 Å². The molecule has 0 bridgehead atoms. The van der Waals surface area contributed by atoms with E-state index in [1.807, 2.05) is 36.3 Å². The molecule has 0 aliphatic heterocycles. The number of nitrogens with one attached hydrogen (secondary N) is 2. The number of hydrogen-bond acceptors (Lipinski definition) is 3. The molecule has 0 atom stereocenters. The minimum Gasteiger partial charge on any atom is -0.388 e. The largest absolute Gasteiger partial charge is 0.388 e. The highest BCUT2D eigenvalue weighted by atomic mass is 127. The number of imidazole rings is 1. The molecule has 0 unspecified atom stereocenters. The Morgan fingerprint density at radius 1 is 1.26 bits per heavy atom. The first-order valence-corrected chi connectivity index (χ1v) is 9.33. The van der Waals surface area contributed by atoms with E-state index < -0.39 is 5.60 Å². The van der Waals surface area contributed by atoms with Crippen LogP contribution in [0.1, 0.15) is 37.9 Å². The first kappa shape index (κ1) is 21.7. The van der Waals surface area contributed by atoms with E-state index in [0.29, 0.717) is 13.1 Å². The lowest BCUT2D eigenvalue weighted by Gasteiger charge is -2.33. The standard InChI is InChI=1S/C20H29N5O.HI/c1-21-19(23-15-20(26)11-7-4-8-12-20)25(2)14-18-22-13-17(24-18)16-9-5-3-6-10-16;/h3,5-6,9-10,13,26H,4,7-8,11-12,14-15H2,1-2H3,(H,21,23)(H,22,24);1H. The van der Waals surface area contributed by atoms with Gasteiger partial charge in [0.05, 0.1) is 24.0 Å². The first-order chi connectivity index (χ1) is 12.6. The Hall–Kier alpha value is -1.61. The van der Waals surface area contributed by atoms with Gasteiger partial charge in [-0.2, -0.15) is 0 Å². The fourth-order valence-corrected chi connectivity index (χ4v) is 3.52. The summed E-state index contributed by atoms with van der Waals surface area (Å²) in [6.07, 6.45) is 7.00. The van der Waals surface area contributed by atoms with E-state index in [1.54, 1.807) is 7.05 Å². The Balaban J connectivity index is 0.00000261. The Labute approximate surface area is 178 Å². The normalized spacial score (nSPS) is 16.5. The van der Waals surface area contributed by atoms with Crippen molar-refractivity contribution in [3.8, 4) is 11.3 Å². The van der Waals surface area contributed by atoms with Crippen LogP contribution in [-0.4, -0.2) is 52.2 Å². The van der Waals surface area contributed by atoms with Crippen molar-refractivity contribution in [1.29, 1.82) is 0 Å². The number of hydrogen-bond donors (Lipinski definition) is 3. The SMILES string of the molecule is CN=C(NCC1(O)CCCCC1)N(C)Cc1ncc(-c2ccccc2)[nH]1.I. The number of aliphatic hydroxyl groups is 1. The van der Waals surface area contributed by atoms with Crippen molar-refractivity contribution < 1.29 is 5.11 Å². The quantitative estimate of drug-likeness (QED) is 0.346. The van der Waals surface area contributed by atoms with Gasteiger partial charge in [-0.25, -0.2) is 4.98 Å². The van der Waals surface area contributed by atoms with Gasteiger partial charge in [0.15, 0.2) is 5.96 Å². The van der Waals surface area contributed by atoms with Crippen LogP contribution in [0.2, 0.25) is 0 Å². The summed E-state index contributed by atoms with van der Waals surface area (Å²) in [7, 11) is 3.74. The minimum atomic E-state index is -0.611. The van der Waals surface area contributed by atoms with Gasteiger partial charge in [-0.05, 0) is 18.4 Å². The monoisotopic (exact) mass is 483 g/mol. The molecule has 148 valence electrons. The maximum absolute atomic E-state index is 10.7. The highest BCUT2D eigenvalue weighted by Gasteiger charge is 2.29. The smallest absolute Gasteiger partial charge is 0.193 e. The fourth-order valence-electron chi connectivity index (χ4n) is 3.52. The summed E-state index contributed by atoms with van der Waals surface area (Å²) in [5.74, 6) is 1.65. The van der Waals surface area contributed by atoms with Gasteiger partial charge in [0, 0.05) is 20.6 Å². The van der Waals surface area contributed by atoms with Crippen LogP contribution in [0.5, 0.6) is 0 Å². The van der Waals surface area contributed by atoms with Gasteiger partial charge >= 0.3 is 0 Å². The molecule has 0 radical (unpaired) electrons. The van der Waals surface area contributed by atoms with E-state index in [9.17, 15) is 5.11 Å². The fraction of sp³-hybridized carbons (Fsp3) is 0.500. The summed E-state index contributed by atoms with van der Waals surface area (Å²) in [5, 5.41) is 14.0. The molecular weight excluding hydrogens is 453 g/mol. The topological polar surface area (TPSA) is 76.5 Å². The van der Waals surface area contributed by atoms with E-state index in [-0.39, 0.29) is 24.0 Å². The molecule has 3 N–H and O–H groups in total. The summed E-state index contributed by atoms with van der Waals surface area (Å²) in [6.45, 7) is 1.16. The van der Waals surface area contributed by atoms with Crippen LogP contribution in [0.3, 0.4) is 0 Å². The van der Waals surface area contributed by atoms with E-state index in [4.69, 9.17) is 0 Å². The van der Waals surface area contributed by atoms with Gasteiger partial charge in [0.25, 0.3) is 0 Å². The number of benzene rings is 1. The lowest BCUT2D eigenvalue weighted by molar-refractivity contribution is 0.00819. The van der Waals surface area contributed by atoms with Crippen molar-refractivity contribution in [2.75, 3.05) is 20.6 Å². The van der Waals surface area contributed by atoms with Crippen LogP contribution >= 0.6 is 24.0 Å². The number of rotatable bonds is 5. The molecule has 1 heterocycles. The molecular formula is C20H30IN5O. The summed E-state index contributed by atoms with van der Waals surface area (Å²) >= 11 is 0. The van der Waals surface area contributed by atoms with Crippen molar-refractivity contribution in [1.82, 2.24) is 20.2 Å². The zero-order chi connectivity index (χ0) is 18.4. The number of aromatic nitrogens is 2. The third-order valence-corrected chi connectivity index (χ3v) is 5.03. The number of H-pyrrole nitrogens is 1. The van der Waals surface area contributed by atoms with Crippen molar-refractivity contribution in [2.24, 2.45) is 4.99 Å². The van der Waals surface area contributed by atoms with Gasteiger partial charge in [-0.3, -0.25) is 4.99 Å². The Bertz CT molecular complexity index is 725. The molecule has 6 nitrogen and oxygen atoms in total. The molecule has 0 amide bonds. The van der Waals surface area contributed by atoms with Crippen LogP contribution in [0, 0.1) is 0 Å². The van der Waals surface area contributed by atoms with Gasteiger partial charge in [-0.1, -0.05) is 49.6 Å². The number of halogens is 1. The minimum absolute atomic E-state index is 0. The second-order valence-electron chi connectivity index (χ2n) is 7.15. The van der Waals surface area contributed by atoms with Gasteiger partial charge in [0.1, 0.15) is 5.82 Å². The number of guanidine groups is 1. The maximum atomic E-state index is 10.7. The van der Waals surface area contributed by atoms with E-state index in [2.05, 4.69) is 32.4 Å². The number of nitrogens with zero attached hydrogens (tertiary/aromatic N) is 3. The summed E-state index contributed by atoms with van der Waals surface area (Å²) < 4.78 is 0.